The van der Waals surface area contributed by atoms with E-state index in [1.165, 1.54) is 0 Å². The van der Waals surface area contributed by atoms with Gasteiger partial charge in [0.2, 0.25) is 0 Å². The zero-order chi connectivity index (χ0) is 20.9. The quantitative estimate of drug-likeness (QED) is 0.649. The van der Waals surface area contributed by atoms with Crippen molar-refractivity contribution in [2.24, 2.45) is 0 Å². The molecule has 0 unspecified atom stereocenters. The van der Waals surface area contributed by atoms with E-state index in [0.717, 1.165) is 43.3 Å². The smallest absolute Gasteiger partial charge is 0.255 e. The summed E-state index contributed by atoms with van der Waals surface area (Å²) >= 11 is 0. The van der Waals surface area contributed by atoms with Crippen LogP contribution in [0.3, 0.4) is 0 Å². The third kappa shape index (κ3) is 4.28. The maximum atomic E-state index is 12.6. The molecule has 1 aromatic heterocycles. The molecular weight excluding hydrogens is 382 g/mol. The largest absolute Gasteiger partial charge is 0.508 e. The van der Waals surface area contributed by atoms with Gasteiger partial charge in [0.15, 0.2) is 5.82 Å². The average Bonchev–Trinajstić information content (AvgIpc) is 3.05. The number of para-hydroxylation sites is 2. The number of nitrogens with zero attached hydrogens (tertiary/aromatic N) is 4. The molecule has 1 aliphatic rings. The number of hydrogen-bond donors (Lipinski definition) is 2. The predicted octanol–water partition coefficient (Wildman–Crippen LogP) is 1.98. The Balaban J connectivity index is 1.39. The molecule has 2 aromatic carbocycles. The van der Waals surface area contributed by atoms with Crippen LogP contribution in [0.2, 0.25) is 0 Å². The minimum atomic E-state index is -0.209. The number of rotatable bonds is 6. The van der Waals surface area contributed by atoms with E-state index in [2.05, 4.69) is 25.0 Å². The van der Waals surface area contributed by atoms with Gasteiger partial charge < -0.3 is 19.7 Å². The van der Waals surface area contributed by atoms with E-state index >= 15 is 0 Å². The lowest BCUT2D eigenvalue weighted by molar-refractivity contribution is 0.0946. The van der Waals surface area contributed by atoms with Crippen LogP contribution in [0, 0.1) is 0 Å². The third-order valence-corrected chi connectivity index (χ3v) is 5.34. The summed E-state index contributed by atoms with van der Waals surface area (Å²) in [5.41, 5.74) is 1.41. The number of methoxy groups -OCH3 is 1. The lowest BCUT2D eigenvalue weighted by atomic mass is 10.2. The normalized spacial score (nSPS) is 14.0. The van der Waals surface area contributed by atoms with Crippen LogP contribution in [-0.2, 0) is 26.1 Å². The van der Waals surface area contributed by atoms with E-state index in [-0.39, 0.29) is 5.91 Å². The first-order valence-electron chi connectivity index (χ1n) is 9.97. The molecule has 1 amide bonds. The van der Waals surface area contributed by atoms with Gasteiger partial charge in [-0.25, -0.2) is 0 Å². The molecule has 2 heterocycles. The van der Waals surface area contributed by atoms with Gasteiger partial charge in [-0.05, 0) is 18.2 Å². The molecule has 0 bridgehead atoms. The molecule has 4 rings (SSSR count). The van der Waals surface area contributed by atoms with Crippen LogP contribution in [0.4, 0.5) is 0 Å². The highest BCUT2D eigenvalue weighted by atomic mass is 16.5. The summed E-state index contributed by atoms with van der Waals surface area (Å²) in [4.78, 5) is 14.9. The topological polar surface area (TPSA) is 92.5 Å². The molecule has 0 saturated carbocycles. The maximum Gasteiger partial charge on any atom is 0.255 e. The van der Waals surface area contributed by atoms with Gasteiger partial charge in [-0.15, -0.1) is 10.2 Å². The van der Waals surface area contributed by atoms with Gasteiger partial charge in [0, 0.05) is 38.2 Å². The second kappa shape index (κ2) is 8.96. The van der Waals surface area contributed by atoms with Crippen molar-refractivity contribution >= 4 is 5.91 Å². The van der Waals surface area contributed by atoms with Crippen LogP contribution in [0.1, 0.15) is 27.6 Å². The van der Waals surface area contributed by atoms with Crippen molar-refractivity contribution in [3.63, 3.8) is 0 Å². The molecular formula is C22H25N5O3. The van der Waals surface area contributed by atoms with Crippen LogP contribution in [0.15, 0.2) is 48.5 Å². The lowest BCUT2D eigenvalue weighted by Gasteiger charge is -2.20. The fourth-order valence-electron chi connectivity index (χ4n) is 3.69. The first-order valence-corrected chi connectivity index (χ1v) is 9.97. The number of aromatic nitrogens is 3. The monoisotopic (exact) mass is 407 g/mol. The highest BCUT2D eigenvalue weighted by Gasteiger charge is 2.20. The molecule has 0 aliphatic carbocycles. The molecule has 3 aromatic rings. The lowest BCUT2D eigenvalue weighted by Crippen LogP contribution is -2.28. The number of fused-ring (bicyclic) bond motifs is 1. The summed E-state index contributed by atoms with van der Waals surface area (Å²) in [6, 6.07) is 14.5. The summed E-state index contributed by atoms with van der Waals surface area (Å²) in [6.07, 6.45) is 0.765. The van der Waals surface area contributed by atoms with Gasteiger partial charge in [-0.2, -0.15) is 0 Å². The van der Waals surface area contributed by atoms with E-state index < -0.39 is 0 Å². The Morgan fingerprint density at radius 1 is 1.10 bits per heavy atom. The van der Waals surface area contributed by atoms with Gasteiger partial charge in [-0.1, -0.05) is 30.3 Å². The minimum Gasteiger partial charge on any atom is -0.508 e. The number of phenols is 1. The van der Waals surface area contributed by atoms with E-state index in [4.69, 9.17) is 4.74 Å². The summed E-state index contributed by atoms with van der Waals surface area (Å²) < 4.78 is 7.34. The van der Waals surface area contributed by atoms with Crippen LogP contribution >= 0.6 is 0 Å². The molecule has 0 atom stereocenters. The Bertz CT molecular complexity index is 1030. The molecule has 1 aliphatic heterocycles. The van der Waals surface area contributed by atoms with Crippen molar-refractivity contribution in [3.8, 4) is 11.5 Å². The Morgan fingerprint density at radius 2 is 1.90 bits per heavy atom. The standard InChI is InChI=1S/C22H25N5O3/c1-30-19-9-5-3-7-17(19)22(29)23-14-21-25-24-20-10-11-26(12-13-27(20)21)15-16-6-2-4-8-18(16)28/h2-9,28H,10-15H2,1H3,(H,23,29). The molecule has 156 valence electrons. The van der Waals surface area contributed by atoms with Crippen molar-refractivity contribution in [1.29, 1.82) is 0 Å². The second-order valence-corrected chi connectivity index (χ2v) is 7.22. The summed E-state index contributed by atoms with van der Waals surface area (Å²) in [6.45, 7) is 3.36. The summed E-state index contributed by atoms with van der Waals surface area (Å²) in [5, 5.41) is 21.6. The zero-order valence-corrected chi connectivity index (χ0v) is 16.9. The van der Waals surface area contributed by atoms with Crippen molar-refractivity contribution in [2.75, 3.05) is 20.2 Å². The van der Waals surface area contributed by atoms with Gasteiger partial charge in [-0.3, -0.25) is 9.69 Å². The third-order valence-electron chi connectivity index (χ3n) is 5.34. The second-order valence-electron chi connectivity index (χ2n) is 7.22. The number of ether oxygens (including phenoxy) is 1. The number of aromatic hydroxyl groups is 1. The summed E-state index contributed by atoms with van der Waals surface area (Å²) in [5.74, 6) is 2.30. The van der Waals surface area contributed by atoms with Gasteiger partial charge in [0.05, 0.1) is 19.2 Å². The van der Waals surface area contributed by atoms with E-state index in [9.17, 15) is 9.90 Å². The van der Waals surface area contributed by atoms with Crippen molar-refractivity contribution in [1.82, 2.24) is 25.0 Å². The fraction of sp³-hybridized carbons (Fsp3) is 0.318. The van der Waals surface area contributed by atoms with Gasteiger partial charge in [0.1, 0.15) is 17.3 Å². The molecule has 30 heavy (non-hydrogen) atoms. The molecule has 0 fully saturated rings. The Labute approximate surface area is 175 Å². The predicted molar refractivity (Wildman–Crippen MR) is 111 cm³/mol. The van der Waals surface area contributed by atoms with Crippen molar-refractivity contribution in [3.05, 3.63) is 71.3 Å². The molecule has 0 saturated heterocycles. The van der Waals surface area contributed by atoms with Crippen LogP contribution in [0.5, 0.6) is 11.5 Å². The number of carbonyl (C=O) groups excluding carboxylic acids is 1. The molecule has 2 N–H and O–H groups in total. The fourth-order valence-corrected chi connectivity index (χ4v) is 3.69. The summed E-state index contributed by atoms with van der Waals surface area (Å²) in [7, 11) is 1.55. The molecule has 8 nitrogen and oxygen atoms in total. The maximum absolute atomic E-state index is 12.6. The highest BCUT2D eigenvalue weighted by molar-refractivity contribution is 5.96. The number of nitrogens with one attached hydrogen (secondary N) is 1. The van der Waals surface area contributed by atoms with Crippen molar-refractivity contribution in [2.45, 2.75) is 26.1 Å². The first kappa shape index (κ1) is 19.9. The van der Waals surface area contributed by atoms with Gasteiger partial charge >= 0.3 is 0 Å². The Hall–Kier alpha value is -3.39. The zero-order valence-electron chi connectivity index (χ0n) is 16.9. The number of benzene rings is 2. The van der Waals surface area contributed by atoms with E-state index in [0.29, 0.717) is 30.2 Å². The number of carbonyl (C=O) groups is 1. The molecule has 0 radical (unpaired) electrons. The SMILES string of the molecule is COc1ccccc1C(=O)NCc1nnc2n1CCN(Cc1ccccc1O)CC2. The number of hydrogen-bond acceptors (Lipinski definition) is 6. The minimum absolute atomic E-state index is 0.209. The Kier molecular flexibility index (Phi) is 5.94. The molecule has 0 spiro atoms. The van der Waals surface area contributed by atoms with Crippen LogP contribution in [-0.4, -0.2) is 50.9 Å². The molecule has 8 heteroatoms. The van der Waals surface area contributed by atoms with E-state index in [1.54, 1.807) is 31.4 Å². The van der Waals surface area contributed by atoms with E-state index in [1.807, 2.05) is 24.3 Å². The van der Waals surface area contributed by atoms with Crippen molar-refractivity contribution < 1.29 is 14.6 Å². The Morgan fingerprint density at radius 3 is 2.73 bits per heavy atom. The number of amides is 1. The average molecular weight is 407 g/mol. The van der Waals surface area contributed by atoms with Gasteiger partial charge in [0.25, 0.3) is 5.91 Å². The number of phenolic OH excluding ortho intramolecular Hbond substituents is 1. The highest BCUT2D eigenvalue weighted by Crippen LogP contribution is 2.20. The van der Waals surface area contributed by atoms with Crippen LogP contribution in [0.25, 0.3) is 0 Å². The van der Waals surface area contributed by atoms with Crippen LogP contribution < -0.4 is 10.1 Å². The first-order chi connectivity index (χ1) is 14.7.